The molecule has 0 unspecified atom stereocenters. The highest BCUT2D eigenvalue weighted by atomic mass is 35.5. The number of rotatable bonds is 4. The van der Waals surface area contributed by atoms with Crippen molar-refractivity contribution in [3.8, 4) is 6.07 Å². The van der Waals surface area contributed by atoms with Gasteiger partial charge in [0.05, 0.1) is 22.3 Å². The zero-order chi connectivity index (χ0) is 15.5. The Labute approximate surface area is 129 Å². The second kappa shape index (κ2) is 6.32. The van der Waals surface area contributed by atoms with Crippen molar-refractivity contribution in [2.75, 3.05) is 6.54 Å². The van der Waals surface area contributed by atoms with Gasteiger partial charge in [0.2, 0.25) is 10.0 Å². The molecule has 7 heteroatoms. The summed E-state index contributed by atoms with van der Waals surface area (Å²) in [4.78, 5) is -0.136. The first-order chi connectivity index (χ1) is 9.86. The Balaban J connectivity index is 2.17. The van der Waals surface area contributed by atoms with Gasteiger partial charge in [-0.2, -0.15) is 5.26 Å². The van der Waals surface area contributed by atoms with Gasteiger partial charge in [-0.1, -0.05) is 30.9 Å². The van der Waals surface area contributed by atoms with Crippen molar-refractivity contribution in [3.63, 3.8) is 0 Å². The summed E-state index contributed by atoms with van der Waals surface area (Å²) in [7, 11) is -3.85. The number of benzene rings is 1. The highest BCUT2D eigenvalue weighted by Gasteiger charge is 2.31. The lowest BCUT2D eigenvalue weighted by atomic mass is 9.85. The summed E-state index contributed by atoms with van der Waals surface area (Å²) >= 11 is 5.90. The summed E-state index contributed by atoms with van der Waals surface area (Å²) in [6.45, 7) is -0.0392. The Morgan fingerprint density at radius 3 is 2.62 bits per heavy atom. The number of nitrogens with one attached hydrogen (secondary N) is 1. The van der Waals surface area contributed by atoms with Crippen LogP contribution in [-0.2, 0) is 10.0 Å². The summed E-state index contributed by atoms with van der Waals surface area (Å²) in [5.74, 6) is 0. The molecule has 5 nitrogen and oxygen atoms in total. The Morgan fingerprint density at radius 2 is 2.00 bits per heavy atom. The third-order valence-electron chi connectivity index (χ3n) is 3.73. The molecule has 0 atom stereocenters. The molecule has 0 aliphatic heterocycles. The number of nitrogens with zero attached hydrogens (tertiary/aromatic N) is 1. The molecule has 1 aromatic rings. The standard InChI is InChI=1S/C14H17ClN2O3S/c15-12-5-4-11(9-16)8-13(12)21(19,20)17-10-14(18)6-2-1-3-7-14/h4-5,8,17-18H,1-3,6-7,10H2. The molecule has 1 fully saturated rings. The van der Waals surface area contributed by atoms with Crippen LogP contribution in [0.5, 0.6) is 0 Å². The molecule has 0 aromatic heterocycles. The van der Waals surface area contributed by atoms with Crippen LogP contribution in [-0.4, -0.2) is 25.7 Å². The maximum absolute atomic E-state index is 12.3. The van der Waals surface area contributed by atoms with Gasteiger partial charge in [0.15, 0.2) is 0 Å². The summed E-state index contributed by atoms with van der Waals surface area (Å²) in [5, 5.41) is 19.2. The molecule has 0 saturated heterocycles. The highest BCUT2D eigenvalue weighted by molar-refractivity contribution is 7.89. The summed E-state index contributed by atoms with van der Waals surface area (Å²) in [6, 6.07) is 5.94. The predicted molar refractivity (Wildman–Crippen MR) is 79.4 cm³/mol. The first kappa shape index (κ1) is 16.2. The second-order valence-electron chi connectivity index (χ2n) is 5.37. The van der Waals surface area contributed by atoms with Crippen LogP contribution in [0, 0.1) is 11.3 Å². The molecule has 114 valence electrons. The van der Waals surface area contributed by atoms with Gasteiger partial charge in [0.25, 0.3) is 0 Å². The molecule has 0 amide bonds. The van der Waals surface area contributed by atoms with E-state index in [9.17, 15) is 13.5 Å². The van der Waals surface area contributed by atoms with E-state index in [0.29, 0.717) is 12.8 Å². The zero-order valence-corrected chi connectivity index (χ0v) is 13.0. The molecule has 1 saturated carbocycles. The van der Waals surface area contributed by atoms with Crippen molar-refractivity contribution >= 4 is 21.6 Å². The molecule has 0 spiro atoms. The van der Waals surface area contributed by atoms with E-state index in [4.69, 9.17) is 16.9 Å². The van der Waals surface area contributed by atoms with E-state index in [1.807, 2.05) is 6.07 Å². The Bertz CT molecular complexity index is 661. The molecular weight excluding hydrogens is 312 g/mol. The van der Waals surface area contributed by atoms with Crippen LogP contribution >= 0.6 is 11.6 Å². The van der Waals surface area contributed by atoms with Crippen molar-refractivity contribution in [3.05, 3.63) is 28.8 Å². The van der Waals surface area contributed by atoms with Gasteiger partial charge in [-0.3, -0.25) is 0 Å². The van der Waals surface area contributed by atoms with E-state index in [1.165, 1.54) is 18.2 Å². The largest absolute Gasteiger partial charge is 0.389 e. The van der Waals surface area contributed by atoms with Gasteiger partial charge in [-0.15, -0.1) is 0 Å². The predicted octanol–water partition coefficient (Wildman–Crippen LogP) is 2.19. The van der Waals surface area contributed by atoms with Gasteiger partial charge < -0.3 is 5.11 Å². The van der Waals surface area contributed by atoms with Gasteiger partial charge in [-0.25, -0.2) is 13.1 Å². The average molecular weight is 329 g/mol. The number of hydrogen-bond acceptors (Lipinski definition) is 4. The molecule has 1 aliphatic carbocycles. The van der Waals surface area contributed by atoms with E-state index < -0.39 is 15.6 Å². The minimum absolute atomic E-state index is 0.0392. The number of hydrogen-bond donors (Lipinski definition) is 2. The first-order valence-corrected chi connectivity index (χ1v) is 8.64. The van der Waals surface area contributed by atoms with E-state index in [2.05, 4.69) is 4.72 Å². The molecule has 0 heterocycles. The maximum atomic E-state index is 12.3. The van der Waals surface area contributed by atoms with E-state index in [0.717, 1.165) is 19.3 Å². The summed E-state index contributed by atoms with van der Waals surface area (Å²) in [6.07, 6.45) is 4.01. The Hall–Kier alpha value is -1.13. The zero-order valence-electron chi connectivity index (χ0n) is 11.5. The molecule has 1 aliphatic rings. The van der Waals surface area contributed by atoms with E-state index in [-0.39, 0.29) is 22.0 Å². The molecule has 2 N–H and O–H groups in total. The Morgan fingerprint density at radius 1 is 1.33 bits per heavy atom. The number of nitriles is 1. The van der Waals surface area contributed by atoms with Gasteiger partial charge >= 0.3 is 0 Å². The molecule has 0 radical (unpaired) electrons. The van der Waals surface area contributed by atoms with Gasteiger partial charge in [-0.05, 0) is 31.0 Å². The molecule has 2 rings (SSSR count). The monoisotopic (exact) mass is 328 g/mol. The normalized spacial score (nSPS) is 18.1. The van der Waals surface area contributed by atoms with Crippen LogP contribution in [0.3, 0.4) is 0 Å². The fourth-order valence-corrected chi connectivity index (χ4v) is 4.12. The maximum Gasteiger partial charge on any atom is 0.242 e. The lowest BCUT2D eigenvalue weighted by Gasteiger charge is -2.32. The van der Waals surface area contributed by atoms with Crippen molar-refractivity contribution in [2.45, 2.75) is 42.6 Å². The van der Waals surface area contributed by atoms with E-state index >= 15 is 0 Å². The van der Waals surface area contributed by atoms with Crippen molar-refractivity contribution in [1.82, 2.24) is 4.72 Å². The van der Waals surface area contributed by atoms with Crippen LogP contribution in [0.25, 0.3) is 0 Å². The smallest absolute Gasteiger partial charge is 0.242 e. The minimum Gasteiger partial charge on any atom is -0.389 e. The van der Waals surface area contributed by atoms with Crippen LogP contribution in [0.4, 0.5) is 0 Å². The fourth-order valence-electron chi connectivity index (χ4n) is 2.47. The summed E-state index contributed by atoms with van der Waals surface area (Å²) < 4.78 is 27.0. The average Bonchev–Trinajstić information content (AvgIpc) is 2.47. The van der Waals surface area contributed by atoms with Crippen LogP contribution in [0.15, 0.2) is 23.1 Å². The second-order valence-corrected chi connectivity index (χ2v) is 7.51. The minimum atomic E-state index is -3.85. The number of sulfonamides is 1. The van der Waals surface area contributed by atoms with Gasteiger partial charge in [0, 0.05) is 6.54 Å². The Kier molecular flexibility index (Phi) is 4.89. The third-order valence-corrected chi connectivity index (χ3v) is 5.61. The number of halogens is 1. The fraction of sp³-hybridized carbons (Fsp3) is 0.500. The van der Waals surface area contributed by atoms with Gasteiger partial charge in [0.1, 0.15) is 4.90 Å². The lowest BCUT2D eigenvalue weighted by molar-refractivity contribution is 0.00945. The van der Waals surface area contributed by atoms with Crippen LogP contribution < -0.4 is 4.72 Å². The topological polar surface area (TPSA) is 90.2 Å². The molecule has 1 aromatic carbocycles. The quantitative estimate of drug-likeness (QED) is 0.886. The molecular formula is C14H17ClN2O3S. The first-order valence-electron chi connectivity index (χ1n) is 6.78. The molecule has 21 heavy (non-hydrogen) atoms. The third kappa shape index (κ3) is 3.95. The number of aliphatic hydroxyl groups is 1. The van der Waals surface area contributed by atoms with E-state index in [1.54, 1.807) is 0 Å². The highest BCUT2D eigenvalue weighted by Crippen LogP contribution is 2.28. The van der Waals surface area contributed by atoms with Crippen LogP contribution in [0.2, 0.25) is 5.02 Å². The van der Waals surface area contributed by atoms with Crippen LogP contribution in [0.1, 0.15) is 37.7 Å². The summed E-state index contributed by atoms with van der Waals surface area (Å²) in [5.41, 5.74) is -0.777. The molecule has 0 bridgehead atoms. The van der Waals surface area contributed by atoms with Crippen molar-refractivity contribution in [2.24, 2.45) is 0 Å². The lowest BCUT2D eigenvalue weighted by Crippen LogP contribution is -2.44. The van der Waals surface area contributed by atoms with Crippen molar-refractivity contribution < 1.29 is 13.5 Å². The van der Waals surface area contributed by atoms with Crippen molar-refractivity contribution in [1.29, 1.82) is 5.26 Å². The SMILES string of the molecule is N#Cc1ccc(Cl)c(S(=O)(=O)NCC2(O)CCCCC2)c1.